The molecule has 0 saturated carbocycles. The Bertz CT molecular complexity index is 1450. The van der Waals surface area contributed by atoms with E-state index in [9.17, 15) is 43.8 Å². The molecule has 0 fully saturated rings. The molecule has 0 saturated heterocycles. The zero-order valence-electron chi connectivity index (χ0n) is 25.7. The maximum absolute atomic E-state index is 13.2. The van der Waals surface area contributed by atoms with E-state index in [0.29, 0.717) is 5.56 Å². The number of nitrogens with one attached hydrogen (secondary N) is 4. The molecule has 0 aliphatic rings. The van der Waals surface area contributed by atoms with Gasteiger partial charge in [-0.25, -0.2) is 4.79 Å². The lowest BCUT2D eigenvalue weighted by atomic mass is 10.0. The molecule has 0 unspecified atom stereocenters. The lowest BCUT2D eigenvalue weighted by molar-refractivity contribution is -0.141. The molecule has 4 amide bonds. The van der Waals surface area contributed by atoms with E-state index in [2.05, 4.69) is 21.3 Å². The van der Waals surface area contributed by atoms with Crippen LogP contribution in [-0.2, 0) is 39.9 Å². The second-order valence-electron chi connectivity index (χ2n) is 10.8. The van der Waals surface area contributed by atoms with Crippen molar-refractivity contribution < 1.29 is 48.5 Å². The lowest BCUT2D eigenvalue weighted by Gasteiger charge is -2.27. The predicted octanol–water partition coefficient (Wildman–Crippen LogP) is 1.12. The van der Waals surface area contributed by atoms with Gasteiger partial charge in [0.1, 0.15) is 29.9 Å². The average Bonchev–Trinajstić information content (AvgIpc) is 2.98. The Morgan fingerprint density at radius 2 is 1.43 bits per heavy atom. The van der Waals surface area contributed by atoms with Crippen LogP contribution in [0.4, 0.5) is 0 Å². The molecule has 248 valence electrons. The van der Waals surface area contributed by atoms with E-state index in [4.69, 9.17) is 16.3 Å². The first-order valence-corrected chi connectivity index (χ1v) is 14.6. The van der Waals surface area contributed by atoms with Crippen LogP contribution >= 0.6 is 11.6 Å². The Kier molecular flexibility index (Phi) is 14.1. The number of ether oxygens (including phenoxy) is 1. The summed E-state index contributed by atoms with van der Waals surface area (Å²) in [5.74, 6) is -6.54. The van der Waals surface area contributed by atoms with Crippen LogP contribution in [0, 0.1) is 5.92 Å². The van der Waals surface area contributed by atoms with Crippen molar-refractivity contribution in [3.8, 4) is 5.75 Å². The summed E-state index contributed by atoms with van der Waals surface area (Å²) in [6, 6.07) is 6.84. The fourth-order valence-electron chi connectivity index (χ4n) is 4.14. The van der Waals surface area contributed by atoms with Gasteiger partial charge in [0.25, 0.3) is 0 Å². The standard InChI is InChI=1S/C31H37ClN4O10/c1-16(2)27(36-29(43)24(34-18(4)37)13-19-9-11-20(38)12-10-19)30(44)33-17(3)28(42)35-23(14-26(40)41)25(39)15-46-31(45)21-7-5-6-8-22(21)32/h5-12,16-17,23-24,27,38H,13-15H2,1-4H3,(H,33,44)(H,34,37)(H,35,42)(H,36,43)(H,40,41)/t17-,23-,24-,27-/m0/s1. The van der Waals surface area contributed by atoms with Crippen molar-refractivity contribution in [2.45, 2.75) is 64.7 Å². The zero-order valence-corrected chi connectivity index (χ0v) is 26.4. The van der Waals surface area contributed by atoms with E-state index in [1.54, 1.807) is 32.0 Å². The third-order valence-corrected chi connectivity index (χ3v) is 6.92. The molecule has 14 nitrogen and oxygen atoms in total. The first-order valence-electron chi connectivity index (χ1n) is 14.2. The summed E-state index contributed by atoms with van der Waals surface area (Å²) in [6.45, 7) is 4.96. The number of hydrogen-bond acceptors (Lipinski definition) is 9. The van der Waals surface area contributed by atoms with Gasteiger partial charge >= 0.3 is 11.9 Å². The highest BCUT2D eigenvalue weighted by Gasteiger charge is 2.32. The monoisotopic (exact) mass is 660 g/mol. The van der Waals surface area contributed by atoms with E-state index in [0.717, 1.165) is 0 Å². The van der Waals surface area contributed by atoms with Gasteiger partial charge in [-0.1, -0.05) is 49.7 Å². The number of aliphatic carboxylic acids is 1. The number of Topliss-reactive ketones (excluding diaryl/α,β-unsaturated/α-hetero) is 1. The molecule has 0 bridgehead atoms. The number of esters is 1. The normalized spacial score (nSPS) is 13.3. The summed E-state index contributed by atoms with van der Waals surface area (Å²) in [5.41, 5.74) is 0.620. The van der Waals surface area contributed by atoms with Gasteiger partial charge in [-0.15, -0.1) is 0 Å². The molecule has 2 aromatic rings. The van der Waals surface area contributed by atoms with Crippen molar-refractivity contribution >= 4 is 53.0 Å². The van der Waals surface area contributed by atoms with Crippen LogP contribution in [0.3, 0.4) is 0 Å². The molecule has 0 aliphatic heterocycles. The van der Waals surface area contributed by atoms with Crippen LogP contribution < -0.4 is 21.3 Å². The average molecular weight is 661 g/mol. The number of carbonyl (C=O) groups is 7. The van der Waals surface area contributed by atoms with Crippen LogP contribution in [0.1, 0.15) is 50.0 Å². The largest absolute Gasteiger partial charge is 0.508 e. The molecule has 0 spiro atoms. The van der Waals surface area contributed by atoms with Crippen molar-refractivity contribution in [2.24, 2.45) is 5.92 Å². The Morgan fingerprint density at radius 3 is 2.00 bits per heavy atom. The highest BCUT2D eigenvalue weighted by molar-refractivity contribution is 6.33. The van der Waals surface area contributed by atoms with Crippen molar-refractivity contribution in [1.82, 2.24) is 21.3 Å². The van der Waals surface area contributed by atoms with Crippen LogP contribution in [-0.4, -0.2) is 82.3 Å². The molecule has 0 heterocycles. The molecule has 2 aromatic carbocycles. The number of aromatic hydroxyl groups is 1. The molecule has 4 atom stereocenters. The Labute approximate surface area is 270 Å². The summed E-state index contributed by atoms with van der Waals surface area (Å²) in [7, 11) is 0. The molecular formula is C31H37ClN4O10. The van der Waals surface area contributed by atoms with Gasteiger partial charge in [0.15, 0.2) is 12.4 Å². The van der Waals surface area contributed by atoms with Crippen LogP contribution in [0.25, 0.3) is 0 Å². The Balaban J connectivity index is 2.06. The minimum atomic E-state index is -1.60. The number of phenolic OH excluding ortho intramolecular Hbond substituents is 1. The number of amides is 4. The maximum atomic E-state index is 13.2. The summed E-state index contributed by atoms with van der Waals surface area (Å²) >= 11 is 5.95. The highest BCUT2D eigenvalue weighted by Crippen LogP contribution is 2.16. The number of carboxylic acid groups (broad SMARTS) is 1. The van der Waals surface area contributed by atoms with E-state index in [1.807, 2.05) is 0 Å². The third-order valence-electron chi connectivity index (χ3n) is 6.59. The summed E-state index contributed by atoms with van der Waals surface area (Å²) < 4.78 is 4.96. The molecule has 6 N–H and O–H groups in total. The minimum Gasteiger partial charge on any atom is -0.508 e. The van der Waals surface area contributed by atoms with Gasteiger partial charge in [0, 0.05) is 13.3 Å². The molecule has 46 heavy (non-hydrogen) atoms. The molecule has 0 aromatic heterocycles. The summed E-state index contributed by atoms with van der Waals surface area (Å²) in [4.78, 5) is 87.4. The molecular weight excluding hydrogens is 624 g/mol. The second kappa shape index (κ2) is 17.5. The van der Waals surface area contributed by atoms with E-state index in [1.165, 1.54) is 44.2 Å². The second-order valence-corrected chi connectivity index (χ2v) is 11.2. The summed E-state index contributed by atoms with van der Waals surface area (Å²) in [5, 5.41) is 28.7. The van der Waals surface area contributed by atoms with Crippen LogP contribution in [0.2, 0.25) is 5.02 Å². The zero-order chi connectivity index (χ0) is 34.6. The van der Waals surface area contributed by atoms with Crippen LogP contribution in [0.5, 0.6) is 5.75 Å². The van der Waals surface area contributed by atoms with E-state index >= 15 is 0 Å². The number of rotatable bonds is 16. The fraction of sp³-hybridized carbons (Fsp3) is 0.387. The number of carboxylic acids is 1. The Hall–Kier alpha value is -4.98. The smallest absolute Gasteiger partial charge is 0.340 e. The molecule has 0 aliphatic carbocycles. The SMILES string of the molecule is CC(=O)N[C@@H](Cc1ccc(O)cc1)C(=O)N[C@H](C(=O)N[C@@H](C)C(=O)N[C@@H](CC(=O)O)C(=O)COC(=O)c1ccccc1Cl)C(C)C. The first kappa shape index (κ1) is 37.2. The maximum Gasteiger partial charge on any atom is 0.340 e. The van der Waals surface area contributed by atoms with Crippen molar-refractivity contribution in [2.75, 3.05) is 6.61 Å². The van der Waals surface area contributed by atoms with Gasteiger partial charge in [0.2, 0.25) is 23.6 Å². The number of halogens is 1. The highest BCUT2D eigenvalue weighted by atomic mass is 35.5. The molecule has 15 heteroatoms. The number of hydrogen-bond donors (Lipinski definition) is 6. The van der Waals surface area contributed by atoms with Crippen LogP contribution in [0.15, 0.2) is 48.5 Å². The topological polar surface area (TPSA) is 217 Å². The molecule has 2 rings (SSSR count). The van der Waals surface area contributed by atoms with Gasteiger partial charge in [-0.3, -0.25) is 28.8 Å². The first-order chi connectivity index (χ1) is 21.6. The quantitative estimate of drug-likeness (QED) is 0.141. The van der Waals surface area contributed by atoms with Gasteiger partial charge in [-0.2, -0.15) is 0 Å². The summed E-state index contributed by atoms with van der Waals surface area (Å²) in [6.07, 6.45) is -0.769. The predicted molar refractivity (Wildman–Crippen MR) is 165 cm³/mol. The number of benzene rings is 2. The molecule has 0 radical (unpaired) electrons. The number of ketones is 1. The third kappa shape index (κ3) is 11.8. The Morgan fingerprint density at radius 1 is 0.804 bits per heavy atom. The van der Waals surface area contributed by atoms with Gasteiger partial charge in [0.05, 0.1) is 17.0 Å². The van der Waals surface area contributed by atoms with Crippen molar-refractivity contribution in [3.05, 3.63) is 64.7 Å². The number of carbonyl (C=O) groups excluding carboxylic acids is 6. The fourth-order valence-corrected chi connectivity index (χ4v) is 4.35. The lowest BCUT2D eigenvalue weighted by Crippen LogP contribution is -2.58. The van der Waals surface area contributed by atoms with E-state index in [-0.39, 0.29) is 22.8 Å². The minimum absolute atomic E-state index is 0.0114. The van der Waals surface area contributed by atoms with Gasteiger partial charge < -0.3 is 36.2 Å². The van der Waals surface area contributed by atoms with Crippen molar-refractivity contribution in [1.29, 1.82) is 0 Å². The van der Waals surface area contributed by atoms with Gasteiger partial charge in [-0.05, 0) is 42.7 Å². The number of phenols is 1. The van der Waals surface area contributed by atoms with E-state index < -0.39 is 84.5 Å². The van der Waals surface area contributed by atoms with Crippen molar-refractivity contribution in [3.63, 3.8) is 0 Å².